The number of carbonyl (C=O) groups is 2. The molecule has 0 aliphatic carbocycles. The van der Waals surface area contributed by atoms with Crippen LogP contribution in [0.1, 0.15) is 41.6 Å². The molecule has 0 saturated carbocycles. The summed E-state index contributed by atoms with van der Waals surface area (Å²) >= 11 is 10.6. The first-order chi connectivity index (χ1) is 15.3. The van der Waals surface area contributed by atoms with E-state index >= 15 is 0 Å². The number of amides is 2. The summed E-state index contributed by atoms with van der Waals surface area (Å²) in [5, 5.41) is 15.5. The van der Waals surface area contributed by atoms with Crippen LogP contribution in [-0.2, 0) is 11.3 Å². The van der Waals surface area contributed by atoms with E-state index in [1.807, 2.05) is 43.5 Å². The second-order valence-electron chi connectivity index (χ2n) is 7.12. The predicted molar refractivity (Wildman–Crippen MR) is 131 cm³/mol. The SMILES string of the molecule is CCn1c(SCC(=O)Nc2ccc(Cl)c(Br)c2)nnc1[C@H](C)NC(=O)c1cccc(C)c1. The average Bonchev–Trinajstić information content (AvgIpc) is 3.18. The Kier molecular flexibility index (Phi) is 8.33. The smallest absolute Gasteiger partial charge is 0.251 e. The Labute approximate surface area is 204 Å². The maximum atomic E-state index is 12.6. The number of rotatable bonds is 8. The first-order valence-corrected chi connectivity index (χ1v) is 12.1. The average molecular weight is 537 g/mol. The van der Waals surface area contributed by atoms with Crippen molar-refractivity contribution in [1.29, 1.82) is 0 Å². The fourth-order valence-electron chi connectivity index (χ4n) is 3.06. The van der Waals surface area contributed by atoms with Gasteiger partial charge in [-0.1, -0.05) is 41.1 Å². The highest BCUT2D eigenvalue weighted by molar-refractivity contribution is 9.10. The third kappa shape index (κ3) is 6.11. The molecule has 7 nitrogen and oxygen atoms in total. The molecule has 0 spiro atoms. The minimum absolute atomic E-state index is 0.169. The summed E-state index contributed by atoms with van der Waals surface area (Å²) in [6.45, 7) is 6.39. The molecule has 0 aliphatic heterocycles. The molecular weight excluding hydrogens is 514 g/mol. The van der Waals surface area contributed by atoms with Crippen LogP contribution in [0.2, 0.25) is 5.02 Å². The van der Waals surface area contributed by atoms with E-state index in [0.717, 1.165) is 5.56 Å². The number of anilines is 1. The number of benzene rings is 2. The Morgan fingerprint density at radius 3 is 2.69 bits per heavy atom. The molecule has 168 valence electrons. The maximum absolute atomic E-state index is 12.6. The normalized spacial score (nSPS) is 11.8. The molecule has 0 aliphatic rings. The lowest BCUT2D eigenvalue weighted by atomic mass is 10.1. The Morgan fingerprint density at radius 2 is 2.00 bits per heavy atom. The van der Waals surface area contributed by atoms with E-state index in [1.54, 1.807) is 24.3 Å². The largest absolute Gasteiger partial charge is 0.342 e. The van der Waals surface area contributed by atoms with Crippen LogP contribution in [0, 0.1) is 6.92 Å². The standard InChI is InChI=1S/C22H23BrClN5O2S/c1-4-29-20(14(3)25-21(31)15-7-5-6-13(2)10-15)27-28-22(29)32-12-19(30)26-16-8-9-18(24)17(23)11-16/h5-11,14H,4,12H2,1-3H3,(H,25,31)(H,26,30)/t14-/m0/s1. The summed E-state index contributed by atoms with van der Waals surface area (Å²) in [6.07, 6.45) is 0. The molecule has 32 heavy (non-hydrogen) atoms. The van der Waals surface area contributed by atoms with Crippen molar-refractivity contribution < 1.29 is 9.59 Å². The number of nitrogens with one attached hydrogen (secondary N) is 2. The molecule has 0 radical (unpaired) electrons. The molecule has 0 fully saturated rings. The molecule has 1 heterocycles. The van der Waals surface area contributed by atoms with E-state index in [1.165, 1.54) is 11.8 Å². The van der Waals surface area contributed by atoms with Gasteiger partial charge in [-0.05, 0) is 67.0 Å². The van der Waals surface area contributed by atoms with Crippen molar-refractivity contribution in [2.24, 2.45) is 0 Å². The summed E-state index contributed by atoms with van der Waals surface area (Å²) in [5.74, 6) is 0.465. The predicted octanol–water partition coefficient (Wildman–Crippen LogP) is 5.24. The quantitative estimate of drug-likeness (QED) is 0.384. The zero-order valence-corrected chi connectivity index (χ0v) is 21.0. The summed E-state index contributed by atoms with van der Waals surface area (Å²) in [6, 6.07) is 12.3. The van der Waals surface area contributed by atoms with E-state index in [4.69, 9.17) is 11.6 Å². The van der Waals surface area contributed by atoms with Crippen molar-refractivity contribution in [2.45, 2.75) is 38.5 Å². The van der Waals surface area contributed by atoms with Gasteiger partial charge in [0, 0.05) is 22.3 Å². The topological polar surface area (TPSA) is 88.9 Å². The number of nitrogens with zero attached hydrogens (tertiary/aromatic N) is 3. The Bertz CT molecular complexity index is 1140. The number of halogens is 2. The number of aryl methyl sites for hydroxylation is 1. The number of carbonyl (C=O) groups excluding carboxylic acids is 2. The molecule has 0 unspecified atom stereocenters. The summed E-state index contributed by atoms with van der Waals surface area (Å²) in [5.41, 5.74) is 2.27. The van der Waals surface area contributed by atoms with Gasteiger partial charge in [0.1, 0.15) is 0 Å². The summed E-state index contributed by atoms with van der Waals surface area (Å²) in [7, 11) is 0. The van der Waals surface area contributed by atoms with Gasteiger partial charge >= 0.3 is 0 Å². The zero-order chi connectivity index (χ0) is 23.3. The van der Waals surface area contributed by atoms with E-state index < -0.39 is 0 Å². The van der Waals surface area contributed by atoms with Gasteiger partial charge in [-0.3, -0.25) is 9.59 Å². The van der Waals surface area contributed by atoms with Crippen LogP contribution in [0.5, 0.6) is 0 Å². The molecule has 2 aromatic carbocycles. The molecule has 0 bridgehead atoms. The molecule has 3 rings (SSSR count). The van der Waals surface area contributed by atoms with E-state index in [0.29, 0.717) is 38.3 Å². The minimum atomic E-state index is -0.343. The third-order valence-corrected chi connectivity index (χ3v) is 6.79. The lowest BCUT2D eigenvalue weighted by Crippen LogP contribution is -2.28. The van der Waals surface area contributed by atoms with Crippen LogP contribution < -0.4 is 10.6 Å². The van der Waals surface area contributed by atoms with Gasteiger partial charge in [0.2, 0.25) is 5.91 Å². The third-order valence-electron chi connectivity index (χ3n) is 4.61. The van der Waals surface area contributed by atoms with Crippen molar-refractivity contribution in [3.8, 4) is 0 Å². The zero-order valence-electron chi connectivity index (χ0n) is 17.9. The van der Waals surface area contributed by atoms with Crippen LogP contribution in [0.25, 0.3) is 0 Å². The van der Waals surface area contributed by atoms with Crippen LogP contribution in [0.4, 0.5) is 5.69 Å². The van der Waals surface area contributed by atoms with Crippen LogP contribution in [-0.4, -0.2) is 32.3 Å². The first-order valence-electron chi connectivity index (χ1n) is 9.96. The Hall–Kier alpha value is -2.36. The monoisotopic (exact) mass is 535 g/mol. The van der Waals surface area contributed by atoms with Crippen molar-refractivity contribution in [2.75, 3.05) is 11.1 Å². The van der Waals surface area contributed by atoms with E-state index in [-0.39, 0.29) is 23.6 Å². The van der Waals surface area contributed by atoms with Crippen molar-refractivity contribution in [3.63, 3.8) is 0 Å². The molecular formula is C22H23BrClN5O2S. The van der Waals surface area contributed by atoms with E-state index in [9.17, 15) is 9.59 Å². The first kappa shape index (κ1) is 24.3. The molecule has 0 saturated heterocycles. The molecule has 2 amide bonds. The van der Waals surface area contributed by atoms with Crippen LogP contribution in [0.3, 0.4) is 0 Å². The van der Waals surface area contributed by atoms with Crippen LogP contribution in [0.15, 0.2) is 52.1 Å². The highest BCUT2D eigenvalue weighted by Crippen LogP contribution is 2.26. The van der Waals surface area contributed by atoms with Crippen molar-refractivity contribution in [3.05, 3.63) is 68.9 Å². The second-order valence-corrected chi connectivity index (χ2v) is 9.32. The highest BCUT2D eigenvalue weighted by atomic mass is 79.9. The maximum Gasteiger partial charge on any atom is 0.251 e. The molecule has 3 aromatic rings. The van der Waals surface area contributed by atoms with Gasteiger partial charge in [0.05, 0.1) is 16.8 Å². The van der Waals surface area contributed by atoms with Gasteiger partial charge in [-0.2, -0.15) is 0 Å². The molecule has 2 N–H and O–H groups in total. The second kappa shape index (κ2) is 11.0. The lowest BCUT2D eigenvalue weighted by Gasteiger charge is -2.15. The minimum Gasteiger partial charge on any atom is -0.342 e. The number of hydrogen-bond donors (Lipinski definition) is 2. The number of hydrogen-bond acceptors (Lipinski definition) is 5. The van der Waals surface area contributed by atoms with Crippen molar-refractivity contribution in [1.82, 2.24) is 20.1 Å². The van der Waals surface area contributed by atoms with Gasteiger partial charge in [-0.15, -0.1) is 10.2 Å². The fourth-order valence-corrected chi connectivity index (χ4v) is 4.36. The molecule has 10 heteroatoms. The van der Waals surface area contributed by atoms with Gasteiger partial charge in [0.25, 0.3) is 5.91 Å². The van der Waals surface area contributed by atoms with Crippen molar-refractivity contribution >= 4 is 56.8 Å². The highest BCUT2D eigenvalue weighted by Gasteiger charge is 2.20. The van der Waals surface area contributed by atoms with E-state index in [2.05, 4.69) is 36.8 Å². The van der Waals surface area contributed by atoms with Gasteiger partial charge in [0.15, 0.2) is 11.0 Å². The molecule has 1 aromatic heterocycles. The number of thioether (sulfide) groups is 1. The Morgan fingerprint density at radius 1 is 1.22 bits per heavy atom. The van der Waals surface area contributed by atoms with Gasteiger partial charge in [-0.25, -0.2) is 0 Å². The number of aromatic nitrogens is 3. The fraction of sp³-hybridized carbons (Fsp3) is 0.273. The lowest BCUT2D eigenvalue weighted by molar-refractivity contribution is -0.113. The summed E-state index contributed by atoms with van der Waals surface area (Å²) < 4.78 is 2.61. The molecule has 1 atom stereocenters. The Balaban J connectivity index is 1.62. The summed E-state index contributed by atoms with van der Waals surface area (Å²) in [4.78, 5) is 24.9. The van der Waals surface area contributed by atoms with Crippen LogP contribution >= 0.6 is 39.3 Å². The van der Waals surface area contributed by atoms with Gasteiger partial charge < -0.3 is 15.2 Å².